The minimum atomic E-state index is -0.211. The molecule has 2 N–H and O–H groups in total. The van der Waals surface area contributed by atoms with Crippen molar-refractivity contribution in [1.29, 1.82) is 0 Å². The van der Waals surface area contributed by atoms with E-state index >= 15 is 0 Å². The number of rotatable bonds is 3. The quantitative estimate of drug-likeness (QED) is 0.584. The molecule has 0 aliphatic rings. The number of carbonyl (C=O) groups excluding carboxylic acids is 1. The summed E-state index contributed by atoms with van der Waals surface area (Å²) in [5.41, 5.74) is 5.35. The SMILES string of the molecule is COC(=O)C(CN)C(C)C. The van der Waals surface area contributed by atoms with E-state index < -0.39 is 0 Å². The first-order chi connectivity index (χ1) is 4.63. The van der Waals surface area contributed by atoms with Gasteiger partial charge in [-0.15, -0.1) is 0 Å². The van der Waals surface area contributed by atoms with Crippen LogP contribution >= 0.6 is 0 Å². The zero-order valence-electron chi connectivity index (χ0n) is 6.76. The van der Waals surface area contributed by atoms with Crippen molar-refractivity contribution in [2.24, 2.45) is 17.6 Å². The Morgan fingerprint density at radius 1 is 1.60 bits per heavy atom. The third-order valence-corrected chi connectivity index (χ3v) is 1.56. The van der Waals surface area contributed by atoms with Crippen LogP contribution in [0, 0.1) is 11.8 Å². The average molecular weight is 145 g/mol. The average Bonchev–Trinajstić information content (AvgIpc) is 1.88. The van der Waals surface area contributed by atoms with E-state index in [0.717, 1.165) is 0 Å². The van der Waals surface area contributed by atoms with Gasteiger partial charge < -0.3 is 10.5 Å². The van der Waals surface area contributed by atoms with Gasteiger partial charge >= 0.3 is 5.97 Å². The molecule has 3 heteroatoms. The first-order valence-corrected chi connectivity index (χ1v) is 3.41. The minimum Gasteiger partial charge on any atom is -0.469 e. The molecule has 0 aromatic carbocycles. The summed E-state index contributed by atoms with van der Waals surface area (Å²) in [4.78, 5) is 10.9. The van der Waals surface area contributed by atoms with Gasteiger partial charge in [-0.25, -0.2) is 0 Å². The first-order valence-electron chi connectivity index (χ1n) is 3.41. The summed E-state index contributed by atoms with van der Waals surface area (Å²) >= 11 is 0. The minimum absolute atomic E-state index is 0.148. The predicted octanol–water partition coefficient (Wildman–Crippen LogP) is 0.390. The van der Waals surface area contributed by atoms with E-state index in [0.29, 0.717) is 6.54 Å². The molecule has 10 heavy (non-hydrogen) atoms. The normalized spacial score (nSPS) is 13.3. The van der Waals surface area contributed by atoms with E-state index in [9.17, 15) is 4.79 Å². The Bertz CT molecular complexity index is 112. The van der Waals surface area contributed by atoms with Crippen molar-refractivity contribution in [2.45, 2.75) is 13.8 Å². The number of carbonyl (C=O) groups is 1. The van der Waals surface area contributed by atoms with Crippen molar-refractivity contribution in [1.82, 2.24) is 0 Å². The fraction of sp³-hybridized carbons (Fsp3) is 0.857. The summed E-state index contributed by atoms with van der Waals surface area (Å²) in [5.74, 6) is -0.0973. The summed E-state index contributed by atoms with van der Waals surface area (Å²) in [5, 5.41) is 0. The highest BCUT2D eigenvalue weighted by molar-refractivity contribution is 5.72. The maximum Gasteiger partial charge on any atom is 0.310 e. The molecule has 3 nitrogen and oxygen atoms in total. The van der Waals surface area contributed by atoms with Crippen molar-refractivity contribution in [3.63, 3.8) is 0 Å². The van der Waals surface area contributed by atoms with Crippen LogP contribution in [-0.2, 0) is 9.53 Å². The van der Waals surface area contributed by atoms with Gasteiger partial charge in [-0.3, -0.25) is 4.79 Å². The smallest absolute Gasteiger partial charge is 0.310 e. The Labute approximate surface area is 61.5 Å². The number of esters is 1. The highest BCUT2D eigenvalue weighted by Gasteiger charge is 2.20. The van der Waals surface area contributed by atoms with Gasteiger partial charge in [-0.2, -0.15) is 0 Å². The van der Waals surface area contributed by atoms with Gasteiger partial charge in [0.05, 0.1) is 13.0 Å². The zero-order chi connectivity index (χ0) is 8.15. The van der Waals surface area contributed by atoms with E-state index in [1.165, 1.54) is 7.11 Å². The van der Waals surface area contributed by atoms with Gasteiger partial charge in [0.25, 0.3) is 0 Å². The van der Waals surface area contributed by atoms with Crippen molar-refractivity contribution >= 4 is 5.97 Å². The number of hydrogen-bond donors (Lipinski definition) is 1. The molecular formula is C7H15NO2. The lowest BCUT2D eigenvalue weighted by Gasteiger charge is -2.14. The van der Waals surface area contributed by atoms with Crippen LogP contribution in [0.5, 0.6) is 0 Å². The molecule has 1 unspecified atom stereocenters. The van der Waals surface area contributed by atoms with Gasteiger partial charge in [0, 0.05) is 6.54 Å². The van der Waals surface area contributed by atoms with E-state index in [-0.39, 0.29) is 17.8 Å². The molecule has 0 aliphatic heterocycles. The molecular weight excluding hydrogens is 130 g/mol. The van der Waals surface area contributed by atoms with Crippen LogP contribution in [0.2, 0.25) is 0 Å². The Balaban J connectivity index is 3.93. The second kappa shape index (κ2) is 4.28. The molecule has 0 aromatic rings. The Kier molecular flexibility index (Phi) is 4.03. The summed E-state index contributed by atoms with van der Waals surface area (Å²) in [6.45, 7) is 4.27. The molecule has 0 radical (unpaired) electrons. The number of ether oxygens (including phenoxy) is 1. The van der Waals surface area contributed by atoms with Crippen LogP contribution in [0.25, 0.3) is 0 Å². The molecule has 0 heterocycles. The van der Waals surface area contributed by atoms with Crippen LogP contribution in [0.4, 0.5) is 0 Å². The van der Waals surface area contributed by atoms with E-state index in [1.54, 1.807) is 0 Å². The molecule has 0 aromatic heterocycles. The standard InChI is InChI=1S/C7H15NO2/c1-5(2)6(4-8)7(9)10-3/h5-6H,4,8H2,1-3H3. The van der Waals surface area contributed by atoms with Gasteiger partial charge in [-0.1, -0.05) is 13.8 Å². The summed E-state index contributed by atoms with van der Waals surface area (Å²) in [6, 6.07) is 0. The van der Waals surface area contributed by atoms with E-state index in [4.69, 9.17) is 5.73 Å². The van der Waals surface area contributed by atoms with Crippen LogP contribution in [-0.4, -0.2) is 19.6 Å². The summed E-state index contributed by atoms with van der Waals surface area (Å²) in [7, 11) is 1.38. The van der Waals surface area contributed by atoms with E-state index in [1.807, 2.05) is 13.8 Å². The number of hydrogen-bond acceptors (Lipinski definition) is 3. The van der Waals surface area contributed by atoms with Gasteiger partial charge in [-0.05, 0) is 5.92 Å². The Morgan fingerprint density at radius 2 is 2.10 bits per heavy atom. The topological polar surface area (TPSA) is 52.3 Å². The molecule has 0 fully saturated rings. The fourth-order valence-corrected chi connectivity index (χ4v) is 0.792. The van der Waals surface area contributed by atoms with Crippen molar-refractivity contribution in [2.75, 3.05) is 13.7 Å². The largest absolute Gasteiger partial charge is 0.469 e. The van der Waals surface area contributed by atoms with Crippen LogP contribution in [0.3, 0.4) is 0 Å². The lowest BCUT2D eigenvalue weighted by Crippen LogP contribution is -2.29. The zero-order valence-corrected chi connectivity index (χ0v) is 6.76. The summed E-state index contributed by atoms with van der Waals surface area (Å²) < 4.78 is 4.55. The van der Waals surface area contributed by atoms with Crippen LogP contribution in [0.1, 0.15) is 13.8 Å². The van der Waals surface area contributed by atoms with Crippen LogP contribution in [0.15, 0.2) is 0 Å². The molecule has 0 rings (SSSR count). The molecule has 0 spiro atoms. The van der Waals surface area contributed by atoms with Crippen molar-refractivity contribution < 1.29 is 9.53 Å². The molecule has 60 valence electrons. The van der Waals surface area contributed by atoms with E-state index in [2.05, 4.69) is 4.74 Å². The highest BCUT2D eigenvalue weighted by atomic mass is 16.5. The van der Waals surface area contributed by atoms with Gasteiger partial charge in [0.2, 0.25) is 0 Å². The molecule has 0 aliphatic carbocycles. The number of nitrogens with two attached hydrogens (primary N) is 1. The molecule has 0 saturated carbocycles. The third kappa shape index (κ3) is 2.35. The molecule has 0 amide bonds. The monoisotopic (exact) mass is 145 g/mol. The second-order valence-electron chi connectivity index (χ2n) is 2.61. The molecule has 1 atom stereocenters. The van der Waals surface area contributed by atoms with Gasteiger partial charge in [0.1, 0.15) is 0 Å². The maximum absolute atomic E-state index is 10.9. The molecule has 0 bridgehead atoms. The first kappa shape index (κ1) is 9.43. The molecule has 0 saturated heterocycles. The maximum atomic E-state index is 10.9. The Hall–Kier alpha value is -0.570. The highest BCUT2D eigenvalue weighted by Crippen LogP contribution is 2.09. The summed E-state index contributed by atoms with van der Waals surface area (Å²) in [6.07, 6.45) is 0. The van der Waals surface area contributed by atoms with Crippen molar-refractivity contribution in [3.05, 3.63) is 0 Å². The predicted molar refractivity (Wildman–Crippen MR) is 39.4 cm³/mol. The van der Waals surface area contributed by atoms with Gasteiger partial charge in [0.15, 0.2) is 0 Å². The fourth-order valence-electron chi connectivity index (χ4n) is 0.792. The third-order valence-electron chi connectivity index (χ3n) is 1.56. The van der Waals surface area contributed by atoms with Crippen LogP contribution < -0.4 is 5.73 Å². The van der Waals surface area contributed by atoms with Crippen molar-refractivity contribution in [3.8, 4) is 0 Å². The second-order valence-corrected chi connectivity index (χ2v) is 2.61. The lowest BCUT2D eigenvalue weighted by molar-refractivity contribution is -0.146. The Morgan fingerprint density at radius 3 is 2.20 bits per heavy atom. The lowest BCUT2D eigenvalue weighted by atomic mass is 9.96. The number of methoxy groups -OCH3 is 1.